The van der Waals surface area contributed by atoms with E-state index in [2.05, 4.69) is 48.7 Å². The van der Waals surface area contributed by atoms with Crippen LogP contribution in [-0.2, 0) is 6.42 Å². The van der Waals surface area contributed by atoms with Gasteiger partial charge in [0.2, 0.25) is 0 Å². The van der Waals surface area contributed by atoms with Crippen molar-refractivity contribution < 1.29 is 0 Å². The number of hydrogen-bond donors (Lipinski definition) is 0. The highest BCUT2D eigenvalue weighted by Gasteiger charge is 2.09. The second kappa shape index (κ2) is 7.07. The van der Waals surface area contributed by atoms with E-state index in [0.717, 1.165) is 17.9 Å². The van der Waals surface area contributed by atoms with E-state index in [4.69, 9.17) is 0 Å². The molecule has 3 heteroatoms. The van der Waals surface area contributed by atoms with Gasteiger partial charge in [-0.05, 0) is 41.9 Å². The third-order valence-electron chi connectivity index (χ3n) is 2.06. The number of benzene rings is 1. The summed E-state index contributed by atoms with van der Waals surface area (Å²) in [6.07, 6.45) is 1.10. The summed E-state index contributed by atoms with van der Waals surface area (Å²) < 4.78 is 2.35. The molecule has 0 atom stereocenters. The molecule has 0 bridgehead atoms. The van der Waals surface area contributed by atoms with Crippen molar-refractivity contribution in [2.24, 2.45) is 0 Å². The smallest absolute Gasteiger partial charge is 0.0626 e. The Morgan fingerprint density at radius 2 is 1.60 bits per heavy atom. The molecule has 1 aromatic rings. The van der Waals surface area contributed by atoms with Crippen LogP contribution in [-0.4, -0.2) is 11.5 Å². The number of nitrogens with zero attached hydrogens (tertiary/aromatic N) is 1. The first-order valence-corrected chi connectivity index (χ1v) is 7.35. The van der Waals surface area contributed by atoms with Crippen molar-refractivity contribution in [3.8, 4) is 0 Å². The van der Waals surface area contributed by atoms with Crippen molar-refractivity contribution >= 4 is 29.6 Å². The minimum absolute atomic E-state index is 1.10. The largest absolute Gasteiger partial charge is 0.258 e. The van der Waals surface area contributed by atoms with Gasteiger partial charge in [-0.1, -0.05) is 39.0 Å². The molecule has 0 aliphatic carbocycles. The Kier molecular flexibility index (Phi) is 6.03. The van der Waals surface area contributed by atoms with E-state index in [9.17, 15) is 0 Å². The Morgan fingerprint density at radius 3 is 2.13 bits per heavy atom. The summed E-state index contributed by atoms with van der Waals surface area (Å²) in [6, 6.07) is 8.67. The average Bonchev–Trinajstić information content (AvgIpc) is 2.29. The Morgan fingerprint density at radius 1 is 1.00 bits per heavy atom. The zero-order valence-corrected chi connectivity index (χ0v) is 11.3. The van der Waals surface area contributed by atoms with Gasteiger partial charge in [0.25, 0.3) is 0 Å². The van der Waals surface area contributed by atoms with Gasteiger partial charge in [0.1, 0.15) is 0 Å². The van der Waals surface area contributed by atoms with E-state index < -0.39 is 0 Å². The van der Waals surface area contributed by atoms with Crippen LogP contribution in [0.4, 0.5) is 5.69 Å². The minimum atomic E-state index is 1.10. The third kappa shape index (κ3) is 3.65. The van der Waals surface area contributed by atoms with Crippen LogP contribution in [0.3, 0.4) is 0 Å². The molecule has 0 saturated carbocycles. The van der Waals surface area contributed by atoms with Crippen molar-refractivity contribution in [1.29, 1.82) is 0 Å². The first-order valence-electron chi connectivity index (χ1n) is 5.47. The van der Waals surface area contributed by atoms with Gasteiger partial charge in [0.15, 0.2) is 0 Å². The molecule has 0 spiro atoms. The van der Waals surface area contributed by atoms with Crippen LogP contribution in [0.1, 0.15) is 26.3 Å². The van der Waals surface area contributed by atoms with Gasteiger partial charge < -0.3 is 0 Å². The van der Waals surface area contributed by atoms with E-state index in [1.165, 1.54) is 11.3 Å². The number of para-hydroxylation sites is 1. The number of hydrogen-bond acceptors (Lipinski definition) is 3. The van der Waals surface area contributed by atoms with E-state index >= 15 is 0 Å². The van der Waals surface area contributed by atoms with Gasteiger partial charge in [-0.15, -0.1) is 0 Å². The zero-order valence-electron chi connectivity index (χ0n) is 9.69. The molecular weight excluding hydrogens is 222 g/mol. The van der Waals surface area contributed by atoms with Crippen molar-refractivity contribution in [3.63, 3.8) is 0 Å². The van der Waals surface area contributed by atoms with E-state index in [-0.39, 0.29) is 0 Å². The lowest BCUT2D eigenvalue weighted by atomic mass is 10.1. The highest BCUT2D eigenvalue weighted by molar-refractivity contribution is 8.18. The molecule has 0 aliphatic rings. The predicted octanol–water partition coefficient (Wildman–Crippen LogP) is 4.39. The molecular formula is C12H19NS2. The fourth-order valence-corrected chi connectivity index (χ4v) is 3.43. The fraction of sp³-hybridized carbons (Fsp3) is 0.500. The van der Waals surface area contributed by atoms with E-state index in [1.807, 2.05) is 23.9 Å². The van der Waals surface area contributed by atoms with Crippen molar-refractivity contribution in [1.82, 2.24) is 0 Å². The second-order valence-electron chi connectivity index (χ2n) is 3.07. The molecule has 0 N–H and O–H groups in total. The zero-order chi connectivity index (χ0) is 11.1. The van der Waals surface area contributed by atoms with Crippen LogP contribution < -0.4 is 3.71 Å². The lowest BCUT2D eigenvalue weighted by Gasteiger charge is -2.23. The van der Waals surface area contributed by atoms with Gasteiger partial charge in [-0.25, -0.2) is 0 Å². The average molecular weight is 241 g/mol. The van der Waals surface area contributed by atoms with E-state index in [1.54, 1.807) is 0 Å². The second-order valence-corrected chi connectivity index (χ2v) is 5.71. The quantitative estimate of drug-likeness (QED) is 0.680. The van der Waals surface area contributed by atoms with Gasteiger partial charge in [0.05, 0.1) is 5.69 Å². The van der Waals surface area contributed by atoms with Crippen molar-refractivity contribution in [2.75, 3.05) is 15.2 Å². The maximum atomic E-state index is 2.35. The lowest BCUT2D eigenvalue weighted by molar-refractivity contribution is 1.14. The summed E-state index contributed by atoms with van der Waals surface area (Å²) in [5.74, 6) is 2.23. The molecule has 0 aliphatic heterocycles. The Balaban J connectivity index is 2.88. The monoisotopic (exact) mass is 241 g/mol. The van der Waals surface area contributed by atoms with Crippen LogP contribution >= 0.6 is 23.9 Å². The standard InChI is InChI=1S/C12H19NS2/c1-4-11-9-7-8-10-12(11)13(14-5-2)15-6-3/h7-10H,4-6H2,1-3H3. The van der Waals surface area contributed by atoms with Crippen LogP contribution in [0.5, 0.6) is 0 Å². The third-order valence-corrected chi connectivity index (χ3v) is 4.07. The summed E-state index contributed by atoms with van der Waals surface area (Å²) in [7, 11) is 0. The van der Waals surface area contributed by atoms with Crippen LogP contribution in [0.15, 0.2) is 24.3 Å². The van der Waals surface area contributed by atoms with Crippen LogP contribution in [0.25, 0.3) is 0 Å². The maximum Gasteiger partial charge on any atom is 0.0626 e. The molecule has 0 heterocycles. The molecule has 84 valence electrons. The molecule has 1 aromatic carbocycles. The summed E-state index contributed by atoms with van der Waals surface area (Å²) >= 11 is 3.76. The Bertz CT molecular complexity index is 283. The van der Waals surface area contributed by atoms with Gasteiger partial charge in [-0.3, -0.25) is 3.71 Å². The van der Waals surface area contributed by atoms with Crippen LogP contribution in [0, 0.1) is 0 Å². The first-order chi connectivity index (χ1) is 7.33. The highest BCUT2D eigenvalue weighted by atomic mass is 32.2. The molecule has 0 amide bonds. The summed E-state index contributed by atoms with van der Waals surface area (Å²) in [6.45, 7) is 6.61. The molecule has 0 radical (unpaired) electrons. The molecule has 15 heavy (non-hydrogen) atoms. The SMILES string of the molecule is CCSN(SCC)c1ccccc1CC. The number of rotatable bonds is 6. The molecule has 0 unspecified atom stereocenters. The van der Waals surface area contributed by atoms with E-state index in [0.29, 0.717) is 0 Å². The minimum Gasteiger partial charge on any atom is -0.258 e. The molecule has 0 saturated heterocycles. The van der Waals surface area contributed by atoms with Crippen LogP contribution in [0.2, 0.25) is 0 Å². The van der Waals surface area contributed by atoms with Crippen molar-refractivity contribution in [3.05, 3.63) is 29.8 Å². The first kappa shape index (κ1) is 12.8. The number of anilines is 1. The predicted molar refractivity (Wildman–Crippen MR) is 74.6 cm³/mol. The lowest BCUT2D eigenvalue weighted by Crippen LogP contribution is -2.07. The topological polar surface area (TPSA) is 3.24 Å². The molecule has 1 rings (SSSR count). The summed E-state index contributed by atoms with van der Waals surface area (Å²) in [5.41, 5.74) is 2.79. The Hall–Kier alpha value is -0.280. The fourth-order valence-electron chi connectivity index (χ4n) is 1.40. The molecule has 0 fully saturated rings. The molecule has 1 nitrogen and oxygen atoms in total. The maximum absolute atomic E-state index is 2.35. The normalized spacial score (nSPS) is 10.3. The summed E-state index contributed by atoms with van der Waals surface area (Å²) in [4.78, 5) is 0. The van der Waals surface area contributed by atoms with Gasteiger partial charge >= 0.3 is 0 Å². The highest BCUT2D eigenvalue weighted by Crippen LogP contribution is 2.33. The van der Waals surface area contributed by atoms with Gasteiger partial charge in [-0.2, -0.15) is 0 Å². The van der Waals surface area contributed by atoms with Crippen molar-refractivity contribution in [2.45, 2.75) is 27.2 Å². The molecule has 0 aromatic heterocycles. The van der Waals surface area contributed by atoms with Gasteiger partial charge in [0, 0.05) is 11.5 Å². The Labute approximate surface area is 102 Å². The summed E-state index contributed by atoms with van der Waals surface area (Å²) in [5, 5.41) is 0. The number of aryl methyl sites for hydroxylation is 1.